The minimum Gasteiger partial charge on any atom is -0.376 e. The molecule has 0 aliphatic carbocycles. The summed E-state index contributed by atoms with van der Waals surface area (Å²) in [5, 5.41) is 10.5. The summed E-state index contributed by atoms with van der Waals surface area (Å²) in [6, 6.07) is 0. The lowest BCUT2D eigenvalue weighted by Gasteiger charge is -2.16. The first-order chi connectivity index (χ1) is 12.6. The number of amides is 2. The molecule has 8 heteroatoms. The number of carbonyl (C=O) groups excluding carboxylic acids is 2. The van der Waals surface area contributed by atoms with E-state index < -0.39 is 0 Å². The van der Waals surface area contributed by atoms with Crippen LogP contribution in [-0.4, -0.2) is 40.9 Å². The SMILES string of the molecule is CCC(CC)C(=O)Nc1c2c(nn1CC(=O)NCC1CCCO1)CSC2. The summed E-state index contributed by atoms with van der Waals surface area (Å²) in [5.41, 5.74) is 2.03. The summed E-state index contributed by atoms with van der Waals surface area (Å²) in [7, 11) is 0. The van der Waals surface area contributed by atoms with Gasteiger partial charge in [-0.05, 0) is 25.7 Å². The number of hydrogen-bond acceptors (Lipinski definition) is 5. The fourth-order valence-corrected chi connectivity index (χ4v) is 4.46. The van der Waals surface area contributed by atoms with E-state index >= 15 is 0 Å². The minimum atomic E-state index is -0.104. The van der Waals surface area contributed by atoms with Crippen molar-refractivity contribution >= 4 is 29.4 Å². The monoisotopic (exact) mass is 380 g/mol. The second kappa shape index (κ2) is 8.90. The van der Waals surface area contributed by atoms with E-state index in [2.05, 4.69) is 15.7 Å². The number of ether oxygens (including phenoxy) is 1. The van der Waals surface area contributed by atoms with Gasteiger partial charge >= 0.3 is 0 Å². The molecular formula is C18H28N4O3S. The highest BCUT2D eigenvalue weighted by Gasteiger charge is 2.26. The number of carbonyl (C=O) groups is 2. The Hall–Kier alpha value is -1.54. The van der Waals surface area contributed by atoms with E-state index in [1.54, 1.807) is 16.4 Å². The second-order valence-corrected chi connectivity index (χ2v) is 7.85. The van der Waals surface area contributed by atoms with Crippen molar-refractivity contribution in [3.05, 3.63) is 11.3 Å². The van der Waals surface area contributed by atoms with Crippen molar-refractivity contribution < 1.29 is 14.3 Å². The van der Waals surface area contributed by atoms with Gasteiger partial charge in [0.2, 0.25) is 11.8 Å². The molecule has 1 aromatic rings. The Morgan fingerprint density at radius 1 is 1.35 bits per heavy atom. The fourth-order valence-electron chi connectivity index (χ4n) is 3.42. The maximum Gasteiger partial charge on any atom is 0.241 e. The number of fused-ring (bicyclic) bond motifs is 1. The van der Waals surface area contributed by atoms with Crippen molar-refractivity contribution in [2.75, 3.05) is 18.5 Å². The van der Waals surface area contributed by atoms with E-state index in [9.17, 15) is 9.59 Å². The molecule has 2 aliphatic rings. The molecular weight excluding hydrogens is 352 g/mol. The van der Waals surface area contributed by atoms with E-state index in [1.165, 1.54) is 0 Å². The fraction of sp³-hybridized carbons (Fsp3) is 0.722. The number of nitrogens with zero attached hydrogens (tertiary/aromatic N) is 2. The Kier molecular flexibility index (Phi) is 6.58. The summed E-state index contributed by atoms with van der Waals surface area (Å²) in [4.78, 5) is 24.9. The Labute approximate surface area is 158 Å². The summed E-state index contributed by atoms with van der Waals surface area (Å²) >= 11 is 1.78. The van der Waals surface area contributed by atoms with Crippen LogP contribution < -0.4 is 10.6 Å². The molecule has 0 aromatic carbocycles. The van der Waals surface area contributed by atoms with Crippen molar-refractivity contribution in [3.8, 4) is 0 Å². The number of anilines is 1. The van der Waals surface area contributed by atoms with Crippen LogP contribution in [0, 0.1) is 5.92 Å². The van der Waals surface area contributed by atoms with Crippen LogP contribution in [0.2, 0.25) is 0 Å². The van der Waals surface area contributed by atoms with Gasteiger partial charge in [-0.15, -0.1) is 0 Å². The van der Waals surface area contributed by atoms with Crippen molar-refractivity contribution in [1.29, 1.82) is 0 Å². The molecule has 1 fully saturated rings. The van der Waals surface area contributed by atoms with Gasteiger partial charge < -0.3 is 15.4 Å². The first-order valence-electron chi connectivity index (χ1n) is 9.47. The molecule has 0 saturated carbocycles. The number of rotatable bonds is 8. The lowest BCUT2D eigenvalue weighted by molar-refractivity contribution is -0.122. The normalized spacial score (nSPS) is 19.0. The van der Waals surface area contributed by atoms with Crippen molar-refractivity contribution in [2.24, 2.45) is 5.92 Å². The molecule has 1 saturated heterocycles. The highest BCUT2D eigenvalue weighted by Crippen LogP contribution is 2.35. The molecule has 1 atom stereocenters. The number of nitrogens with one attached hydrogen (secondary N) is 2. The van der Waals surface area contributed by atoms with Gasteiger partial charge in [0.1, 0.15) is 12.4 Å². The van der Waals surface area contributed by atoms with Crippen LogP contribution in [0.5, 0.6) is 0 Å². The summed E-state index contributed by atoms with van der Waals surface area (Å²) in [5.74, 6) is 2.23. The van der Waals surface area contributed by atoms with E-state index in [0.29, 0.717) is 12.4 Å². The highest BCUT2D eigenvalue weighted by molar-refractivity contribution is 7.98. The molecule has 2 N–H and O–H groups in total. The van der Waals surface area contributed by atoms with Gasteiger partial charge in [0.15, 0.2) is 0 Å². The Morgan fingerprint density at radius 3 is 2.85 bits per heavy atom. The van der Waals surface area contributed by atoms with Crippen LogP contribution in [0.4, 0.5) is 5.82 Å². The summed E-state index contributed by atoms with van der Waals surface area (Å²) < 4.78 is 7.18. The smallest absolute Gasteiger partial charge is 0.241 e. The van der Waals surface area contributed by atoms with Gasteiger partial charge in [-0.25, -0.2) is 4.68 Å². The van der Waals surface area contributed by atoms with Crippen LogP contribution >= 0.6 is 11.8 Å². The van der Waals surface area contributed by atoms with E-state index in [0.717, 1.165) is 55.1 Å². The third kappa shape index (κ3) is 4.40. The van der Waals surface area contributed by atoms with Crippen LogP contribution in [0.15, 0.2) is 0 Å². The van der Waals surface area contributed by atoms with Crippen molar-refractivity contribution in [3.63, 3.8) is 0 Å². The van der Waals surface area contributed by atoms with Gasteiger partial charge in [-0.2, -0.15) is 16.9 Å². The highest BCUT2D eigenvalue weighted by atomic mass is 32.2. The molecule has 3 heterocycles. The number of thioether (sulfide) groups is 1. The van der Waals surface area contributed by atoms with Gasteiger partial charge in [-0.3, -0.25) is 9.59 Å². The molecule has 0 radical (unpaired) electrons. The van der Waals surface area contributed by atoms with Crippen LogP contribution in [-0.2, 0) is 32.4 Å². The molecule has 3 rings (SSSR count). The van der Waals surface area contributed by atoms with Crippen LogP contribution in [0.25, 0.3) is 0 Å². The van der Waals surface area contributed by atoms with Gasteiger partial charge in [0.05, 0.1) is 11.8 Å². The van der Waals surface area contributed by atoms with Crippen LogP contribution in [0.1, 0.15) is 50.8 Å². The topological polar surface area (TPSA) is 85.2 Å². The van der Waals surface area contributed by atoms with E-state index in [-0.39, 0.29) is 30.4 Å². The zero-order valence-corrected chi connectivity index (χ0v) is 16.4. The van der Waals surface area contributed by atoms with Gasteiger partial charge in [0.25, 0.3) is 0 Å². The maximum absolute atomic E-state index is 12.5. The lowest BCUT2D eigenvalue weighted by atomic mass is 10.0. The average Bonchev–Trinajstić information content (AvgIpc) is 3.34. The molecule has 2 amide bonds. The quantitative estimate of drug-likeness (QED) is 0.723. The molecule has 2 aliphatic heterocycles. The van der Waals surface area contributed by atoms with Gasteiger partial charge in [0, 0.05) is 36.1 Å². The number of aromatic nitrogens is 2. The Balaban J connectivity index is 1.66. The summed E-state index contributed by atoms with van der Waals surface area (Å²) in [6.45, 7) is 5.46. The molecule has 0 bridgehead atoms. The minimum absolute atomic E-state index is 0.00983. The molecule has 7 nitrogen and oxygen atoms in total. The van der Waals surface area contributed by atoms with Crippen LogP contribution in [0.3, 0.4) is 0 Å². The third-order valence-electron chi connectivity index (χ3n) is 5.06. The zero-order chi connectivity index (χ0) is 18.5. The van der Waals surface area contributed by atoms with E-state index in [1.807, 2.05) is 13.8 Å². The largest absolute Gasteiger partial charge is 0.376 e. The number of hydrogen-bond donors (Lipinski definition) is 2. The lowest BCUT2D eigenvalue weighted by Crippen LogP contribution is -2.35. The standard InChI is InChI=1S/C18H28N4O3S/c1-3-12(4-2)18(24)20-17-14-10-26-11-15(14)21-22(17)9-16(23)19-8-13-6-5-7-25-13/h12-13H,3-11H2,1-2H3,(H,19,23)(H,20,24). The predicted octanol–water partition coefficient (Wildman–Crippen LogP) is 2.30. The zero-order valence-electron chi connectivity index (χ0n) is 15.5. The average molecular weight is 381 g/mol. The first kappa shape index (κ1) is 19.2. The summed E-state index contributed by atoms with van der Waals surface area (Å²) in [6.07, 6.45) is 3.76. The Bertz CT molecular complexity index is 651. The Morgan fingerprint density at radius 2 is 2.15 bits per heavy atom. The first-order valence-corrected chi connectivity index (χ1v) is 10.6. The molecule has 26 heavy (non-hydrogen) atoms. The molecule has 1 unspecified atom stereocenters. The van der Waals surface area contributed by atoms with Crippen molar-refractivity contribution in [1.82, 2.24) is 15.1 Å². The van der Waals surface area contributed by atoms with Gasteiger partial charge in [-0.1, -0.05) is 13.8 Å². The third-order valence-corrected chi connectivity index (χ3v) is 6.03. The maximum atomic E-state index is 12.5. The van der Waals surface area contributed by atoms with Crippen molar-refractivity contribution in [2.45, 2.75) is 63.7 Å². The predicted molar refractivity (Wildman–Crippen MR) is 102 cm³/mol. The molecule has 144 valence electrons. The second-order valence-electron chi connectivity index (χ2n) is 6.87. The molecule has 0 spiro atoms. The van der Waals surface area contributed by atoms with E-state index in [4.69, 9.17) is 4.74 Å². The molecule has 1 aromatic heterocycles.